The minimum absolute atomic E-state index is 0.350. The van der Waals surface area contributed by atoms with E-state index in [-0.39, 0.29) is 11.8 Å². The van der Waals surface area contributed by atoms with Gasteiger partial charge in [0.25, 0.3) is 5.91 Å². The molecule has 0 bridgehead atoms. The summed E-state index contributed by atoms with van der Waals surface area (Å²) in [5.74, 6) is 1.00. The van der Waals surface area contributed by atoms with Crippen LogP contribution < -0.4 is 20.1 Å². The van der Waals surface area contributed by atoms with Crippen LogP contribution in [0.15, 0.2) is 78.9 Å². The number of ether oxygens (including phenoxy) is 2. The average molecular weight is 489 g/mol. The number of halogens is 1. The van der Waals surface area contributed by atoms with Gasteiger partial charge < -0.3 is 20.1 Å². The third kappa shape index (κ3) is 5.73. The molecule has 4 aromatic carbocycles. The molecule has 0 radical (unpaired) electrons. The first-order chi connectivity index (χ1) is 16.8. The minimum atomic E-state index is -0.794. The van der Waals surface area contributed by atoms with Crippen molar-refractivity contribution in [3.63, 3.8) is 0 Å². The molecule has 178 valence electrons. The average Bonchev–Trinajstić information content (AvgIpc) is 2.84. The largest absolute Gasteiger partial charge is 0.497 e. The van der Waals surface area contributed by atoms with Crippen LogP contribution in [0.2, 0.25) is 5.02 Å². The lowest BCUT2D eigenvalue weighted by Gasteiger charge is -2.17. The number of aryl methyl sites for hydroxylation is 1. The van der Waals surface area contributed by atoms with Crippen LogP contribution >= 0.6 is 11.6 Å². The van der Waals surface area contributed by atoms with E-state index in [0.29, 0.717) is 33.5 Å². The Morgan fingerprint density at radius 2 is 1.69 bits per heavy atom. The maximum atomic E-state index is 13.0. The molecule has 4 rings (SSSR count). The van der Waals surface area contributed by atoms with E-state index in [0.717, 1.165) is 16.3 Å². The number of methoxy groups -OCH3 is 1. The Kier molecular flexibility index (Phi) is 7.22. The molecule has 35 heavy (non-hydrogen) atoms. The molecule has 0 saturated carbocycles. The van der Waals surface area contributed by atoms with Crippen molar-refractivity contribution in [3.8, 4) is 17.2 Å². The van der Waals surface area contributed by atoms with Gasteiger partial charge in [0, 0.05) is 16.7 Å². The monoisotopic (exact) mass is 488 g/mol. The lowest BCUT2D eigenvalue weighted by molar-refractivity contribution is -0.117. The van der Waals surface area contributed by atoms with Gasteiger partial charge in [0.05, 0.1) is 12.8 Å². The van der Waals surface area contributed by atoms with Gasteiger partial charge in [-0.2, -0.15) is 0 Å². The summed E-state index contributed by atoms with van der Waals surface area (Å²) < 4.78 is 11.3. The van der Waals surface area contributed by atoms with Crippen LogP contribution in [-0.2, 0) is 4.79 Å². The Morgan fingerprint density at radius 3 is 2.49 bits per heavy atom. The Hall–Kier alpha value is -4.03. The molecule has 0 aliphatic carbocycles. The van der Waals surface area contributed by atoms with E-state index in [4.69, 9.17) is 21.1 Å². The zero-order chi connectivity index (χ0) is 24.9. The zero-order valence-corrected chi connectivity index (χ0v) is 20.3. The van der Waals surface area contributed by atoms with Crippen LogP contribution in [0, 0.1) is 6.92 Å². The number of anilines is 1. The van der Waals surface area contributed by atoms with E-state index in [1.165, 1.54) is 0 Å². The molecule has 4 aromatic rings. The quantitative estimate of drug-likeness (QED) is 0.317. The van der Waals surface area contributed by atoms with Crippen LogP contribution in [0.5, 0.6) is 17.2 Å². The van der Waals surface area contributed by atoms with Crippen molar-refractivity contribution in [1.29, 1.82) is 0 Å². The molecule has 0 saturated heterocycles. The van der Waals surface area contributed by atoms with Gasteiger partial charge in [-0.3, -0.25) is 9.59 Å². The maximum Gasteiger partial charge on any atom is 0.252 e. The molecule has 7 heteroatoms. The summed E-state index contributed by atoms with van der Waals surface area (Å²) in [6.45, 7) is 3.57. The SMILES string of the molecule is COc1cc(C)cc(Oc2ccccc2NC(=O)[C@@H](C)NC(=O)c2cccc3cc(Cl)ccc23)c1. The van der Waals surface area contributed by atoms with Gasteiger partial charge in [0.15, 0.2) is 5.75 Å². The van der Waals surface area contributed by atoms with Crippen molar-refractivity contribution in [2.24, 2.45) is 0 Å². The summed E-state index contributed by atoms with van der Waals surface area (Å²) in [6, 6.07) is 22.6. The molecule has 1 atom stereocenters. The lowest BCUT2D eigenvalue weighted by Crippen LogP contribution is -2.41. The summed E-state index contributed by atoms with van der Waals surface area (Å²) in [6.07, 6.45) is 0. The number of hydrogen-bond donors (Lipinski definition) is 2. The van der Waals surface area contributed by atoms with Crippen LogP contribution in [0.25, 0.3) is 10.8 Å². The molecular formula is C28H25ClN2O4. The minimum Gasteiger partial charge on any atom is -0.497 e. The Morgan fingerprint density at radius 1 is 0.914 bits per heavy atom. The topological polar surface area (TPSA) is 76.7 Å². The summed E-state index contributed by atoms with van der Waals surface area (Å²) >= 11 is 6.07. The second-order valence-corrected chi connectivity index (χ2v) is 8.58. The number of carbonyl (C=O) groups is 2. The highest BCUT2D eigenvalue weighted by Gasteiger charge is 2.19. The second kappa shape index (κ2) is 10.5. The molecule has 2 amide bonds. The number of hydrogen-bond acceptors (Lipinski definition) is 4. The number of amides is 2. The Labute approximate surface area is 208 Å². The van der Waals surface area contributed by atoms with Gasteiger partial charge in [0.2, 0.25) is 5.91 Å². The summed E-state index contributed by atoms with van der Waals surface area (Å²) in [5, 5.41) is 7.82. The van der Waals surface area contributed by atoms with Crippen molar-refractivity contribution < 1.29 is 19.1 Å². The van der Waals surface area contributed by atoms with Crippen molar-refractivity contribution >= 4 is 39.9 Å². The third-order valence-corrected chi connectivity index (χ3v) is 5.70. The van der Waals surface area contributed by atoms with Gasteiger partial charge in [-0.05, 0) is 72.6 Å². The second-order valence-electron chi connectivity index (χ2n) is 8.14. The van der Waals surface area contributed by atoms with E-state index in [1.807, 2.05) is 31.2 Å². The number of rotatable bonds is 7. The fourth-order valence-corrected chi connectivity index (χ4v) is 3.89. The van der Waals surface area contributed by atoms with E-state index < -0.39 is 6.04 Å². The molecule has 0 aliphatic heterocycles. The molecule has 6 nitrogen and oxygen atoms in total. The van der Waals surface area contributed by atoms with Crippen LogP contribution in [0.1, 0.15) is 22.8 Å². The highest BCUT2D eigenvalue weighted by atomic mass is 35.5. The Bertz CT molecular complexity index is 1400. The number of benzene rings is 4. The van der Waals surface area contributed by atoms with Crippen molar-refractivity contribution in [2.45, 2.75) is 19.9 Å². The third-order valence-electron chi connectivity index (χ3n) is 5.46. The van der Waals surface area contributed by atoms with Crippen LogP contribution in [0.3, 0.4) is 0 Å². The first-order valence-corrected chi connectivity index (χ1v) is 11.4. The molecule has 0 unspecified atom stereocenters. The van der Waals surface area contributed by atoms with E-state index in [1.54, 1.807) is 68.6 Å². The normalized spacial score (nSPS) is 11.5. The first-order valence-electron chi connectivity index (χ1n) is 11.1. The molecule has 0 fully saturated rings. The zero-order valence-electron chi connectivity index (χ0n) is 19.6. The van der Waals surface area contributed by atoms with Gasteiger partial charge in [-0.25, -0.2) is 0 Å². The summed E-state index contributed by atoms with van der Waals surface area (Å²) in [4.78, 5) is 25.9. The van der Waals surface area contributed by atoms with Crippen LogP contribution in [-0.4, -0.2) is 25.0 Å². The van der Waals surface area contributed by atoms with Gasteiger partial charge in [0.1, 0.15) is 17.5 Å². The van der Waals surface area contributed by atoms with Gasteiger partial charge in [-0.1, -0.05) is 41.9 Å². The van der Waals surface area contributed by atoms with E-state index in [9.17, 15) is 9.59 Å². The predicted octanol–water partition coefficient (Wildman–Crippen LogP) is 6.36. The number of carbonyl (C=O) groups excluding carboxylic acids is 2. The molecule has 0 spiro atoms. The molecule has 2 N–H and O–H groups in total. The van der Waals surface area contributed by atoms with E-state index in [2.05, 4.69) is 10.6 Å². The first kappa shape index (κ1) is 24.1. The highest BCUT2D eigenvalue weighted by Crippen LogP contribution is 2.32. The molecular weight excluding hydrogens is 464 g/mol. The van der Waals surface area contributed by atoms with E-state index >= 15 is 0 Å². The smallest absolute Gasteiger partial charge is 0.252 e. The molecule has 0 aromatic heterocycles. The molecule has 0 heterocycles. The van der Waals surface area contributed by atoms with Crippen LogP contribution in [0.4, 0.5) is 5.69 Å². The molecule has 0 aliphatic rings. The maximum absolute atomic E-state index is 13.0. The lowest BCUT2D eigenvalue weighted by atomic mass is 10.0. The number of nitrogens with one attached hydrogen (secondary N) is 2. The summed E-state index contributed by atoms with van der Waals surface area (Å²) in [7, 11) is 1.59. The predicted molar refractivity (Wildman–Crippen MR) is 139 cm³/mol. The fourth-order valence-electron chi connectivity index (χ4n) is 3.71. The van der Waals surface area contributed by atoms with Gasteiger partial charge in [-0.15, -0.1) is 0 Å². The van der Waals surface area contributed by atoms with Crippen molar-refractivity contribution in [3.05, 3.63) is 95.0 Å². The highest BCUT2D eigenvalue weighted by molar-refractivity contribution is 6.31. The van der Waals surface area contributed by atoms with Crippen molar-refractivity contribution in [2.75, 3.05) is 12.4 Å². The fraction of sp³-hybridized carbons (Fsp3) is 0.143. The summed E-state index contributed by atoms with van der Waals surface area (Å²) in [5.41, 5.74) is 1.93. The van der Waals surface area contributed by atoms with Gasteiger partial charge >= 0.3 is 0 Å². The number of para-hydroxylation sites is 2. The standard InChI is InChI=1S/C28H25ClN2O4/c1-17-13-21(34-3)16-22(14-17)35-26-10-5-4-9-25(26)31-27(32)18(2)30-28(33)24-8-6-7-19-15-20(29)11-12-23(19)24/h4-16,18H,1-3H3,(H,30,33)(H,31,32)/t18-/m1/s1. The van der Waals surface area contributed by atoms with Crippen molar-refractivity contribution in [1.82, 2.24) is 5.32 Å². The number of fused-ring (bicyclic) bond motifs is 1. The Balaban J connectivity index is 1.48.